The Morgan fingerprint density at radius 1 is 1.19 bits per heavy atom. The second-order valence-electron chi connectivity index (χ2n) is 6.42. The molecule has 0 saturated carbocycles. The number of furan rings is 1. The van der Waals surface area contributed by atoms with Gasteiger partial charge in [-0.3, -0.25) is 0 Å². The predicted octanol–water partition coefficient (Wildman–Crippen LogP) is 4.90. The average molecular weight is 366 g/mol. The molecule has 2 aromatic heterocycles. The SMILES string of the molecule is COc1cccc2c1O[C@H](c1ccc(C)o1)N1N=C(c3cccs3)C[C@H]21. The Balaban J connectivity index is 1.63. The van der Waals surface area contributed by atoms with Crippen LogP contribution in [0.4, 0.5) is 0 Å². The van der Waals surface area contributed by atoms with Crippen LogP contribution in [0.25, 0.3) is 0 Å². The van der Waals surface area contributed by atoms with Crippen LogP contribution in [-0.4, -0.2) is 17.8 Å². The topological polar surface area (TPSA) is 47.2 Å². The van der Waals surface area contributed by atoms with Crippen LogP contribution >= 0.6 is 11.3 Å². The van der Waals surface area contributed by atoms with Gasteiger partial charge in [0.15, 0.2) is 17.3 Å². The van der Waals surface area contributed by atoms with Gasteiger partial charge in [0.1, 0.15) is 5.76 Å². The molecule has 1 aromatic carbocycles. The summed E-state index contributed by atoms with van der Waals surface area (Å²) in [5, 5.41) is 9.01. The van der Waals surface area contributed by atoms with E-state index in [-0.39, 0.29) is 6.04 Å². The normalized spacial score (nSPS) is 21.0. The maximum atomic E-state index is 6.34. The van der Waals surface area contributed by atoms with Crippen molar-refractivity contribution >= 4 is 17.0 Å². The molecule has 0 amide bonds. The molecular weight excluding hydrogens is 348 g/mol. The first kappa shape index (κ1) is 15.5. The van der Waals surface area contributed by atoms with E-state index >= 15 is 0 Å². The number of ether oxygens (including phenoxy) is 2. The van der Waals surface area contributed by atoms with E-state index in [0.29, 0.717) is 0 Å². The highest BCUT2D eigenvalue weighted by atomic mass is 32.1. The average Bonchev–Trinajstić information content (AvgIpc) is 3.40. The summed E-state index contributed by atoms with van der Waals surface area (Å²) < 4.78 is 17.7. The number of fused-ring (bicyclic) bond motifs is 3. The first-order valence-electron chi connectivity index (χ1n) is 8.54. The van der Waals surface area contributed by atoms with E-state index in [1.165, 1.54) is 4.88 Å². The van der Waals surface area contributed by atoms with Crippen LogP contribution in [0.2, 0.25) is 0 Å². The van der Waals surface area contributed by atoms with Gasteiger partial charge in [-0.25, -0.2) is 5.01 Å². The van der Waals surface area contributed by atoms with Gasteiger partial charge in [0, 0.05) is 12.0 Å². The quantitative estimate of drug-likeness (QED) is 0.661. The maximum absolute atomic E-state index is 6.34. The van der Waals surface area contributed by atoms with Crippen molar-refractivity contribution in [2.45, 2.75) is 25.6 Å². The van der Waals surface area contributed by atoms with E-state index < -0.39 is 6.23 Å². The highest BCUT2D eigenvalue weighted by Crippen LogP contribution is 2.50. The Morgan fingerprint density at radius 2 is 2.12 bits per heavy atom. The zero-order valence-electron chi connectivity index (χ0n) is 14.5. The Hall–Kier alpha value is -2.73. The standard InChI is InChI=1S/C20H18N2O3S/c1-12-8-9-17(24-12)20-22-15(11-14(21-22)18-7-4-10-26-18)13-5-3-6-16(23-2)19(13)25-20/h3-10,15,20H,11H2,1-2H3/t15-,20-/m1/s1. The van der Waals surface area contributed by atoms with Crippen molar-refractivity contribution in [3.8, 4) is 11.5 Å². The Morgan fingerprint density at radius 3 is 2.85 bits per heavy atom. The molecule has 5 rings (SSSR count). The maximum Gasteiger partial charge on any atom is 0.246 e. The molecule has 3 aromatic rings. The van der Waals surface area contributed by atoms with Crippen molar-refractivity contribution in [1.82, 2.24) is 5.01 Å². The van der Waals surface area contributed by atoms with Crippen LogP contribution in [0.3, 0.4) is 0 Å². The van der Waals surface area contributed by atoms with Gasteiger partial charge in [-0.2, -0.15) is 5.10 Å². The van der Waals surface area contributed by atoms with E-state index in [2.05, 4.69) is 23.6 Å². The minimum Gasteiger partial charge on any atom is -0.493 e. The van der Waals surface area contributed by atoms with Crippen molar-refractivity contribution in [2.75, 3.05) is 7.11 Å². The van der Waals surface area contributed by atoms with Gasteiger partial charge in [-0.1, -0.05) is 18.2 Å². The zero-order chi connectivity index (χ0) is 17.7. The number of thiophene rings is 1. The lowest BCUT2D eigenvalue weighted by Gasteiger charge is -2.37. The van der Waals surface area contributed by atoms with Crippen molar-refractivity contribution < 1.29 is 13.9 Å². The monoisotopic (exact) mass is 366 g/mol. The van der Waals surface area contributed by atoms with E-state index in [9.17, 15) is 0 Å². The summed E-state index contributed by atoms with van der Waals surface area (Å²) in [5.74, 6) is 3.12. The number of hydrogen-bond donors (Lipinski definition) is 0. The van der Waals surface area contributed by atoms with Gasteiger partial charge in [0.25, 0.3) is 0 Å². The Kier molecular flexibility index (Phi) is 3.53. The molecule has 0 saturated heterocycles. The van der Waals surface area contributed by atoms with Crippen molar-refractivity contribution in [3.63, 3.8) is 0 Å². The third-order valence-electron chi connectivity index (χ3n) is 4.81. The molecule has 0 spiro atoms. The van der Waals surface area contributed by atoms with Gasteiger partial charge < -0.3 is 13.9 Å². The third-order valence-corrected chi connectivity index (χ3v) is 5.73. The van der Waals surface area contributed by atoms with Crippen LogP contribution in [0, 0.1) is 6.92 Å². The molecule has 132 valence electrons. The van der Waals surface area contributed by atoms with Gasteiger partial charge >= 0.3 is 0 Å². The van der Waals surface area contributed by atoms with E-state index in [1.54, 1.807) is 18.4 Å². The van der Waals surface area contributed by atoms with Crippen LogP contribution in [0.5, 0.6) is 11.5 Å². The molecule has 0 unspecified atom stereocenters. The van der Waals surface area contributed by atoms with Crippen LogP contribution < -0.4 is 9.47 Å². The fraction of sp³-hybridized carbons (Fsp3) is 0.250. The van der Waals surface area contributed by atoms with Crippen LogP contribution in [0.1, 0.15) is 40.7 Å². The molecule has 6 heteroatoms. The summed E-state index contributed by atoms with van der Waals surface area (Å²) in [6.45, 7) is 1.93. The minimum absolute atomic E-state index is 0.0985. The molecule has 4 heterocycles. The summed E-state index contributed by atoms with van der Waals surface area (Å²) in [6, 6.07) is 14.2. The minimum atomic E-state index is -0.407. The fourth-order valence-electron chi connectivity index (χ4n) is 3.61. The third kappa shape index (κ3) is 2.33. The molecule has 2 aliphatic heterocycles. The molecule has 2 aliphatic rings. The van der Waals surface area contributed by atoms with E-state index in [4.69, 9.17) is 19.0 Å². The van der Waals surface area contributed by atoms with E-state index in [0.717, 1.165) is 40.7 Å². The Labute approximate surface area is 155 Å². The van der Waals surface area contributed by atoms with Crippen molar-refractivity contribution in [2.24, 2.45) is 5.10 Å². The van der Waals surface area contributed by atoms with Crippen LogP contribution in [-0.2, 0) is 0 Å². The number of rotatable bonds is 3. The van der Waals surface area contributed by atoms with Gasteiger partial charge in [-0.05, 0) is 36.6 Å². The summed E-state index contributed by atoms with van der Waals surface area (Å²) >= 11 is 1.71. The molecule has 5 nitrogen and oxygen atoms in total. The second-order valence-corrected chi connectivity index (χ2v) is 7.37. The molecule has 0 N–H and O–H groups in total. The summed E-state index contributed by atoms with van der Waals surface area (Å²) in [4.78, 5) is 1.19. The summed E-state index contributed by atoms with van der Waals surface area (Å²) in [7, 11) is 1.67. The second kappa shape index (κ2) is 5.92. The first-order chi connectivity index (χ1) is 12.7. The molecular formula is C20H18N2O3S. The first-order valence-corrected chi connectivity index (χ1v) is 9.42. The van der Waals surface area contributed by atoms with Crippen molar-refractivity contribution in [3.05, 3.63) is 69.8 Å². The largest absolute Gasteiger partial charge is 0.493 e. The lowest BCUT2D eigenvalue weighted by Crippen LogP contribution is -2.33. The summed E-state index contributed by atoms with van der Waals surface area (Å²) in [5.41, 5.74) is 2.18. The highest BCUT2D eigenvalue weighted by Gasteiger charge is 2.43. The number of methoxy groups -OCH3 is 1. The fourth-order valence-corrected chi connectivity index (χ4v) is 4.33. The lowest BCUT2D eigenvalue weighted by molar-refractivity contribution is -0.0345. The van der Waals surface area contributed by atoms with E-state index in [1.807, 2.05) is 36.2 Å². The smallest absolute Gasteiger partial charge is 0.246 e. The molecule has 0 radical (unpaired) electrons. The molecule has 0 aliphatic carbocycles. The van der Waals surface area contributed by atoms with Crippen molar-refractivity contribution in [1.29, 1.82) is 0 Å². The number of hydrazone groups is 1. The highest BCUT2D eigenvalue weighted by molar-refractivity contribution is 7.12. The summed E-state index contributed by atoms with van der Waals surface area (Å²) in [6.07, 6.45) is 0.426. The lowest BCUT2D eigenvalue weighted by atomic mass is 9.98. The Bertz CT molecular complexity index is 977. The number of nitrogens with zero attached hydrogens (tertiary/aromatic N) is 2. The number of benzene rings is 1. The zero-order valence-corrected chi connectivity index (χ0v) is 15.3. The molecule has 0 fully saturated rings. The van der Waals surface area contributed by atoms with Gasteiger partial charge in [0.05, 0.1) is 23.7 Å². The number of aryl methyl sites for hydroxylation is 1. The van der Waals surface area contributed by atoms with Gasteiger partial charge in [0.2, 0.25) is 6.23 Å². The van der Waals surface area contributed by atoms with Gasteiger partial charge in [-0.15, -0.1) is 11.3 Å². The number of hydrogen-bond acceptors (Lipinski definition) is 6. The van der Waals surface area contributed by atoms with Crippen LogP contribution in [0.15, 0.2) is 57.4 Å². The molecule has 0 bridgehead atoms. The predicted molar refractivity (Wildman–Crippen MR) is 99.9 cm³/mol. The molecule has 2 atom stereocenters. The number of para-hydroxylation sites is 1. The molecule has 26 heavy (non-hydrogen) atoms.